The van der Waals surface area contributed by atoms with Crippen molar-refractivity contribution in [1.29, 1.82) is 0 Å². The lowest BCUT2D eigenvalue weighted by Crippen LogP contribution is -2.47. The van der Waals surface area contributed by atoms with E-state index in [1.54, 1.807) is 6.07 Å². The van der Waals surface area contributed by atoms with Gasteiger partial charge in [-0.3, -0.25) is 4.79 Å². The highest BCUT2D eigenvalue weighted by Gasteiger charge is 2.39. The van der Waals surface area contributed by atoms with Crippen molar-refractivity contribution in [3.05, 3.63) is 65.2 Å². The lowest BCUT2D eigenvalue weighted by atomic mass is 9.69. The molecule has 0 spiro atoms. The van der Waals surface area contributed by atoms with Gasteiger partial charge in [0.25, 0.3) is 5.91 Å². The predicted molar refractivity (Wildman–Crippen MR) is 128 cm³/mol. The number of nitrogens with zero attached hydrogens (tertiary/aromatic N) is 2. The summed E-state index contributed by atoms with van der Waals surface area (Å²) in [7, 11) is 0. The number of carbonyl (C=O) groups is 1. The van der Waals surface area contributed by atoms with Crippen LogP contribution in [0.1, 0.15) is 68.4 Å². The zero-order chi connectivity index (χ0) is 22.4. The van der Waals surface area contributed by atoms with Crippen molar-refractivity contribution in [3.63, 3.8) is 0 Å². The highest BCUT2D eigenvalue weighted by atomic mass is 16.3. The molecule has 0 bridgehead atoms. The Labute approximate surface area is 187 Å². The van der Waals surface area contributed by atoms with Gasteiger partial charge in [-0.2, -0.15) is 0 Å². The van der Waals surface area contributed by atoms with Crippen LogP contribution in [0.15, 0.2) is 48.5 Å². The number of phenols is 1. The Morgan fingerprint density at radius 1 is 1.10 bits per heavy atom. The van der Waals surface area contributed by atoms with Gasteiger partial charge in [-0.15, -0.1) is 0 Å². The first-order chi connectivity index (χ1) is 14.9. The fourth-order valence-corrected chi connectivity index (χ4v) is 4.84. The van der Waals surface area contributed by atoms with Crippen molar-refractivity contribution in [2.75, 3.05) is 32.7 Å². The summed E-state index contributed by atoms with van der Waals surface area (Å²) in [6.07, 6.45) is 3.35. The van der Waals surface area contributed by atoms with Gasteiger partial charge in [0.05, 0.1) is 0 Å². The van der Waals surface area contributed by atoms with Crippen LogP contribution in [0.5, 0.6) is 5.75 Å². The van der Waals surface area contributed by atoms with Gasteiger partial charge in [-0.05, 0) is 87.5 Å². The van der Waals surface area contributed by atoms with E-state index in [-0.39, 0.29) is 11.3 Å². The molecule has 4 heteroatoms. The van der Waals surface area contributed by atoms with E-state index in [9.17, 15) is 9.90 Å². The van der Waals surface area contributed by atoms with Crippen molar-refractivity contribution in [1.82, 2.24) is 9.80 Å². The Balaban J connectivity index is 1.96. The van der Waals surface area contributed by atoms with Crippen molar-refractivity contribution in [2.45, 2.75) is 52.4 Å². The molecule has 1 aliphatic rings. The van der Waals surface area contributed by atoms with Gasteiger partial charge in [0.1, 0.15) is 5.75 Å². The molecule has 2 aromatic rings. The van der Waals surface area contributed by atoms with Gasteiger partial charge in [-0.25, -0.2) is 0 Å². The first-order valence-corrected chi connectivity index (χ1v) is 11.8. The van der Waals surface area contributed by atoms with E-state index in [1.807, 2.05) is 43.0 Å². The van der Waals surface area contributed by atoms with Crippen LogP contribution in [0.25, 0.3) is 0 Å². The van der Waals surface area contributed by atoms with Crippen LogP contribution in [-0.2, 0) is 5.41 Å². The first kappa shape index (κ1) is 23.3. The third kappa shape index (κ3) is 5.30. The van der Waals surface area contributed by atoms with E-state index < -0.39 is 0 Å². The fourth-order valence-electron chi connectivity index (χ4n) is 4.84. The maximum atomic E-state index is 12.8. The molecule has 31 heavy (non-hydrogen) atoms. The minimum Gasteiger partial charge on any atom is -0.508 e. The van der Waals surface area contributed by atoms with Gasteiger partial charge in [-0.1, -0.05) is 38.1 Å². The molecule has 1 aliphatic heterocycles. The van der Waals surface area contributed by atoms with Crippen molar-refractivity contribution in [3.8, 4) is 5.75 Å². The summed E-state index contributed by atoms with van der Waals surface area (Å²) in [5, 5.41) is 10.2. The fraction of sp³-hybridized carbons (Fsp3) is 0.519. The van der Waals surface area contributed by atoms with Gasteiger partial charge >= 0.3 is 0 Å². The van der Waals surface area contributed by atoms with Crippen molar-refractivity contribution >= 4 is 5.91 Å². The number of hydrogen-bond acceptors (Lipinski definition) is 3. The molecule has 0 radical (unpaired) electrons. The van der Waals surface area contributed by atoms with E-state index >= 15 is 0 Å². The monoisotopic (exact) mass is 422 g/mol. The largest absolute Gasteiger partial charge is 0.508 e. The zero-order valence-corrected chi connectivity index (χ0v) is 19.6. The number of phenolic OH excluding ortho intramolecular Hbond substituents is 1. The molecule has 0 aromatic heterocycles. The summed E-state index contributed by atoms with van der Waals surface area (Å²) in [6, 6.07) is 16.0. The molecule has 0 aliphatic carbocycles. The molecule has 3 rings (SSSR count). The lowest BCUT2D eigenvalue weighted by molar-refractivity contribution is 0.0773. The molecule has 1 unspecified atom stereocenters. The molecule has 4 nitrogen and oxygen atoms in total. The lowest BCUT2D eigenvalue weighted by Gasteiger charge is -2.44. The number of rotatable bonds is 8. The Morgan fingerprint density at radius 3 is 2.42 bits per heavy atom. The average molecular weight is 423 g/mol. The Hall–Kier alpha value is -2.33. The Morgan fingerprint density at radius 2 is 1.81 bits per heavy atom. The second-order valence-corrected chi connectivity index (χ2v) is 9.25. The second-order valence-electron chi connectivity index (χ2n) is 9.25. The normalized spacial score (nSPS) is 19.5. The second kappa shape index (κ2) is 10.3. The highest BCUT2D eigenvalue weighted by molar-refractivity contribution is 5.94. The van der Waals surface area contributed by atoms with Gasteiger partial charge in [0.15, 0.2) is 0 Å². The van der Waals surface area contributed by atoms with E-state index in [4.69, 9.17) is 0 Å². The molecule has 1 saturated heterocycles. The van der Waals surface area contributed by atoms with Gasteiger partial charge in [0.2, 0.25) is 0 Å². The predicted octanol–water partition coefficient (Wildman–Crippen LogP) is 5.30. The van der Waals surface area contributed by atoms with E-state index in [0.29, 0.717) is 11.7 Å². The summed E-state index contributed by atoms with van der Waals surface area (Å²) in [4.78, 5) is 17.2. The molecule has 0 saturated carbocycles. The molecule has 2 aromatic carbocycles. The molecule has 1 N–H and O–H groups in total. The van der Waals surface area contributed by atoms with Gasteiger partial charge in [0, 0.05) is 30.6 Å². The van der Waals surface area contributed by atoms with E-state index in [0.717, 1.165) is 56.7 Å². The smallest absolute Gasteiger partial charge is 0.253 e. The third-order valence-corrected chi connectivity index (χ3v) is 6.73. The number of amides is 1. The quantitative estimate of drug-likeness (QED) is 0.628. The van der Waals surface area contributed by atoms with Gasteiger partial charge < -0.3 is 14.9 Å². The molecular weight excluding hydrogens is 384 g/mol. The molecule has 1 amide bonds. The van der Waals surface area contributed by atoms with Crippen LogP contribution >= 0.6 is 0 Å². The Kier molecular flexibility index (Phi) is 7.77. The summed E-state index contributed by atoms with van der Waals surface area (Å²) in [6.45, 7) is 13.2. The van der Waals surface area contributed by atoms with Crippen LogP contribution < -0.4 is 0 Å². The number of piperidine rings is 1. The topological polar surface area (TPSA) is 43.8 Å². The van der Waals surface area contributed by atoms with Crippen LogP contribution in [0.4, 0.5) is 0 Å². The van der Waals surface area contributed by atoms with Crippen LogP contribution in [0.2, 0.25) is 0 Å². The third-order valence-electron chi connectivity index (χ3n) is 6.73. The maximum absolute atomic E-state index is 12.8. The van der Waals surface area contributed by atoms with Crippen LogP contribution in [0, 0.1) is 5.92 Å². The molecule has 1 fully saturated rings. The van der Waals surface area contributed by atoms with Crippen LogP contribution in [-0.4, -0.2) is 53.5 Å². The number of carbonyl (C=O) groups excluding carboxylic acids is 1. The number of hydrogen-bond donors (Lipinski definition) is 1. The average Bonchev–Trinajstić information content (AvgIpc) is 2.78. The standard InChI is InChI=1S/C27H38N2O2/c1-5-29(6-2)26(31)22-11-13-23(14-12-22)27(24-9-7-10-25(30)19-24)16-8-17-28(20-27)18-15-21(3)4/h7,9-14,19,21,30H,5-6,8,15-18,20H2,1-4H3. The van der Waals surface area contributed by atoms with E-state index in [1.165, 1.54) is 12.0 Å². The molecule has 1 atom stereocenters. The minimum absolute atomic E-state index is 0.0881. The first-order valence-electron chi connectivity index (χ1n) is 11.8. The summed E-state index contributed by atoms with van der Waals surface area (Å²) >= 11 is 0. The number of aromatic hydroxyl groups is 1. The summed E-state index contributed by atoms with van der Waals surface area (Å²) in [5.41, 5.74) is 2.95. The molecule has 168 valence electrons. The Bertz CT molecular complexity index is 858. The summed E-state index contributed by atoms with van der Waals surface area (Å²) < 4.78 is 0. The number of likely N-dealkylation sites (tertiary alicyclic amines) is 1. The maximum Gasteiger partial charge on any atom is 0.253 e. The minimum atomic E-state index is -0.176. The highest BCUT2D eigenvalue weighted by Crippen LogP contribution is 2.41. The zero-order valence-electron chi connectivity index (χ0n) is 19.6. The molecule has 1 heterocycles. The van der Waals surface area contributed by atoms with E-state index in [2.05, 4.69) is 36.9 Å². The molecular formula is C27H38N2O2. The van der Waals surface area contributed by atoms with Crippen molar-refractivity contribution in [2.24, 2.45) is 5.92 Å². The number of benzene rings is 2. The van der Waals surface area contributed by atoms with Crippen LogP contribution in [0.3, 0.4) is 0 Å². The van der Waals surface area contributed by atoms with Crippen molar-refractivity contribution < 1.29 is 9.90 Å². The summed E-state index contributed by atoms with van der Waals surface area (Å²) in [5.74, 6) is 1.08. The SMILES string of the molecule is CCN(CC)C(=O)c1ccc(C2(c3cccc(O)c3)CCCN(CCC(C)C)C2)cc1.